The van der Waals surface area contributed by atoms with Crippen LogP contribution in [0.5, 0.6) is 0 Å². The second-order valence-electron chi connectivity index (χ2n) is 6.49. The minimum absolute atomic E-state index is 0.130. The molecule has 0 saturated carbocycles. The van der Waals surface area contributed by atoms with Crippen molar-refractivity contribution in [2.75, 3.05) is 13.1 Å². The standard InChI is InChI=1S/C20H23NO3S2/c1-16-6-9-18(25-16)10-13-20(22)17-7-11-19(12-8-17)26(23,24)21-14-4-2-3-5-15-21/h6-13H,2-5,14-15H2,1H3/b13-10+. The molecule has 6 heteroatoms. The molecule has 1 fully saturated rings. The number of carbonyl (C=O) groups excluding carboxylic acids is 1. The maximum Gasteiger partial charge on any atom is 0.243 e. The maximum atomic E-state index is 12.8. The summed E-state index contributed by atoms with van der Waals surface area (Å²) in [5.41, 5.74) is 0.490. The van der Waals surface area contributed by atoms with Crippen molar-refractivity contribution in [2.24, 2.45) is 0 Å². The van der Waals surface area contributed by atoms with Crippen LogP contribution in [0.2, 0.25) is 0 Å². The first kappa shape index (κ1) is 19.0. The molecule has 1 aromatic carbocycles. The number of nitrogens with zero attached hydrogens (tertiary/aromatic N) is 1. The molecule has 138 valence electrons. The number of allylic oxidation sites excluding steroid dienone is 1. The van der Waals surface area contributed by atoms with Gasteiger partial charge >= 0.3 is 0 Å². The van der Waals surface area contributed by atoms with E-state index in [1.54, 1.807) is 33.9 Å². The summed E-state index contributed by atoms with van der Waals surface area (Å²) >= 11 is 1.62. The Morgan fingerprint density at radius 3 is 2.23 bits per heavy atom. The Morgan fingerprint density at radius 1 is 1.00 bits per heavy atom. The Labute approximate surface area is 159 Å². The third kappa shape index (κ3) is 4.50. The zero-order valence-corrected chi connectivity index (χ0v) is 16.5. The number of sulfonamides is 1. The van der Waals surface area contributed by atoms with E-state index in [4.69, 9.17) is 0 Å². The number of ketones is 1. The van der Waals surface area contributed by atoms with Gasteiger partial charge in [-0.15, -0.1) is 11.3 Å². The van der Waals surface area contributed by atoms with E-state index < -0.39 is 10.0 Å². The highest BCUT2D eigenvalue weighted by Gasteiger charge is 2.25. The highest BCUT2D eigenvalue weighted by atomic mass is 32.2. The van der Waals surface area contributed by atoms with E-state index in [0.29, 0.717) is 18.7 Å². The van der Waals surface area contributed by atoms with Crippen LogP contribution in [-0.4, -0.2) is 31.6 Å². The summed E-state index contributed by atoms with van der Waals surface area (Å²) < 4.78 is 27.1. The fourth-order valence-electron chi connectivity index (χ4n) is 3.02. The first-order valence-corrected chi connectivity index (χ1v) is 11.1. The van der Waals surface area contributed by atoms with E-state index in [1.165, 1.54) is 23.1 Å². The minimum Gasteiger partial charge on any atom is -0.289 e. The van der Waals surface area contributed by atoms with E-state index in [9.17, 15) is 13.2 Å². The summed E-state index contributed by atoms with van der Waals surface area (Å²) in [5.74, 6) is -0.130. The number of carbonyl (C=O) groups is 1. The Bertz CT molecular complexity index is 887. The monoisotopic (exact) mass is 389 g/mol. The van der Waals surface area contributed by atoms with E-state index in [0.717, 1.165) is 30.6 Å². The van der Waals surface area contributed by atoms with Crippen molar-refractivity contribution in [3.05, 3.63) is 57.8 Å². The molecular weight excluding hydrogens is 366 g/mol. The predicted molar refractivity (Wildman–Crippen MR) is 106 cm³/mol. The summed E-state index contributed by atoms with van der Waals surface area (Å²) in [4.78, 5) is 14.8. The van der Waals surface area contributed by atoms with Gasteiger partial charge in [-0.2, -0.15) is 4.31 Å². The number of benzene rings is 1. The topological polar surface area (TPSA) is 54.5 Å². The van der Waals surface area contributed by atoms with Crippen molar-refractivity contribution in [1.82, 2.24) is 4.31 Å². The predicted octanol–water partition coefficient (Wildman–Crippen LogP) is 4.52. The van der Waals surface area contributed by atoms with Gasteiger partial charge in [0.1, 0.15) is 0 Å². The van der Waals surface area contributed by atoms with Crippen molar-refractivity contribution >= 4 is 33.2 Å². The van der Waals surface area contributed by atoms with Gasteiger partial charge in [-0.1, -0.05) is 12.8 Å². The lowest BCUT2D eigenvalue weighted by Gasteiger charge is -2.19. The molecule has 0 radical (unpaired) electrons. The van der Waals surface area contributed by atoms with Crippen LogP contribution in [0.25, 0.3) is 6.08 Å². The van der Waals surface area contributed by atoms with Gasteiger partial charge < -0.3 is 0 Å². The summed E-state index contributed by atoms with van der Waals surface area (Å²) in [6.45, 7) is 3.17. The van der Waals surface area contributed by atoms with Gasteiger partial charge in [0.05, 0.1) is 4.90 Å². The second-order valence-corrected chi connectivity index (χ2v) is 9.75. The lowest BCUT2D eigenvalue weighted by atomic mass is 10.1. The molecule has 0 amide bonds. The highest BCUT2D eigenvalue weighted by molar-refractivity contribution is 7.89. The Morgan fingerprint density at radius 2 is 1.65 bits per heavy atom. The summed E-state index contributed by atoms with van der Waals surface area (Å²) in [6, 6.07) is 10.2. The van der Waals surface area contributed by atoms with Gasteiger partial charge in [-0.3, -0.25) is 4.79 Å². The average molecular weight is 390 g/mol. The van der Waals surface area contributed by atoms with Crippen LogP contribution < -0.4 is 0 Å². The average Bonchev–Trinajstić information content (AvgIpc) is 2.87. The molecule has 4 nitrogen and oxygen atoms in total. The lowest BCUT2D eigenvalue weighted by molar-refractivity contribution is 0.104. The summed E-state index contributed by atoms with van der Waals surface area (Å²) in [6.07, 6.45) is 7.29. The van der Waals surface area contributed by atoms with E-state index >= 15 is 0 Å². The molecule has 0 unspecified atom stereocenters. The minimum atomic E-state index is -3.47. The Kier molecular flexibility index (Phi) is 6.06. The quantitative estimate of drug-likeness (QED) is 0.558. The fourth-order valence-corrected chi connectivity index (χ4v) is 5.32. The summed E-state index contributed by atoms with van der Waals surface area (Å²) in [7, 11) is -3.47. The highest BCUT2D eigenvalue weighted by Crippen LogP contribution is 2.21. The van der Waals surface area contributed by atoms with Crippen LogP contribution in [0.15, 0.2) is 47.4 Å². The molecule has 3 rings (SSSR count). The van der Waals surface area contributed by atoms with Gasteiger partial charge in [0.25, 0.3) is 0 Å². The number of hydrogen-bond donors (Lipinski definition) is 0. The molecule has 1 aliphatic heterocycles. The Hall–Kier alpha value is -1.76. The maximum absolute atomic E-state index is 12.8. The first-order chi connectivity index (χ1) is 12.5. The van der Waals surface area contributed by atoms with Crippen molar-refractivity contribution < 1.29 is 13.2 Å². The van der Waals surface area contributed by atoms with Gasteiger partial charge in [0.15, 0.2) is 5.78 Å². The van der Waals surface area contributed by atoms with Crippen LogP contribution in [0.3, 0.4) is 0 Å². The fraction of sp³-hybridized carbons (Fsp3) is 0.350. The molecular formula is C20H23NO3S2. The number of aryl methyl sites for hydroxylation is 1. The van der Waals surface area contributed by atoms with Crippen molar-refractivity contribution in [3.8, 4) is 0 Å². The normalized spacial score (nSPS) is 16.7. The molecule has 0 atom stereocenters. The van der Waals surface area contributed by atoms with E-state index in [2.05, 4.69) is 0 Å². The van der Waals surface area contributed by atoms with Gasteiger partial charge in [-0.25, -0.2) is 8.42 Å². The van der Waals surface area contributed by atoms with Crippen molar-refractivity contribution in [3.63, 3.8) is 0 Å². The molecule has 26 heavy (non-hydrogen) atoms. The first-order valence-electron chi connectivity index (χ1n) is 8.86. The molecule has 0 aliphatic carbocycles. The van der Waals surface area contributed by atoms with Crippen LogP contribution >= 0.6 is 11.3 Å². The van der Waals surface area contributed by atoms with E-state index in [-0.39, 0.29) is 10.7 Å². The third-order valence-corrected chi connectivity index (χ3v) is 7.38. The molecule has 1 aromatic heterocycles. The number of hydrogen-bond acceptors (Lipinski definition) is 4. The molecule has 2 aromatic rings. The van der Waals surface area contributed by atoms with E-state index in [1.807, 2.05) is 19.1 Å². The van der Waals surface area contributed by atoms with Gasteiger partial charge in [0.2, 0.25) is 10.0 Å². The SMILES string of the molecule is Cc1ccc(/C=C/C(=O)c2ccc(S(=O)(=O)N3CCCCCC3)cc2)s1. The van der Waals surface area contributed by atoms with Crippen molar-refractivity contribution in [1.29, 1.82) is 0 Å². The molecule has 0 N–H and O–H groups in total. The smallest absolute Gasteiger partial charge is 0.243 e. The van der Waals surface area contributed by atoms with Gasteiger partial charge in [0, 0.05) is 28.4 Å². The largest absolute Gasteiger partial charge is 0.289 e. The molecule has 0 spiro atoms. The zero-order valence-electron chi connectivity index (χ0n) is 14.8. The lowest BCUT2D eigenvalue weighted by Crippen LogP contribution is -2.31. The second kappa shape index (κ2) is 8.29. The Balaban J connectivity index is 1.73. The van der Waals surface area contributed by atoms with Crippen LogP contribution in [0, 0.1) is 6.92 Å². The van der Waals surface area contributed by atoms with Crippen LogP contribution in [-0.2, 0) is 10.0 Å². The molecule has 1 aliphatic rings. The summed E-state index contributed by atoms with van der Waals surface area (Å²) in [5, 5.41) is 0. The molecule has 0 bridgehead atoms. The molecule has 2 heterocycles. The molecule has 1 saturated heterocycles. The van der Waals surface area contributed by atoms with Crippen molar-refractivity contribution in [2.45, 2.75) is 37.5 Å². The van der Waals surface area contributed by atoms with Crippen LogP contribution in [0.1, 0.15) is 45.8 Å². The third-order valence-electron chi connectivity index (χ3n) is 4.50. The van der Waals surface area contributed by atoms with Crippen LogP contribution in [0.4, 0.5) is 0 Å². The zero-order chi connectivity index (χ0) is 18.6. The van der Waals surface area contributed by atoms with Gasteiger partial charge in [-0.05, 0) is 68.3 Å². The number of thiophene rings is 1. The number of rotatable bonds is 5.